The van der Waals surface area contributed by atoms with Crippen LogP contribution in [0.1, 0.15) is 25.5 Å². The molecule has 1 unspecified atom stereocenters. The summed E-state index contributed by atoms with van der Waals surface area (Å²) in [5.74, 6) is 0.737. The maximum Gasteiger partial charge on any atom is 0.252 e. The molecule has 1 aliphatic rings. The Morgan fingerprint density at radius 3 is 2.72 bits per heavy atom. The minimum Gasteiger partial charge on any atom is -0.467 e. The van der Waals surface area contributed by atoms with Crippen molar-refractivity contribution in [2.75, 3.05) is 13.1 Å². The second kappa shape index (κ2) is 7.72. The highest BCUT2D eigenvalue weighted by Gasteiger charge is 2.33. The van der Waals surface area contributed by atoms with Gasteiger partial charge < -0.3 is 9.73 Å². The van der Waals surface area contributed by atoms with Crippen molar-refractivity contribution >= 4 is 27.3 Å². The van der Waals surface area contributed by atoms with Crippen LogP contribution in [0, 0.1) is 11.8 Å². The van der Waals surface area contributed by atoms with Crippen LogP contribution >= 0.6 is 11.3 Å². The van der Waals surface area contributed by atoms with E-state index in [0.717, 1.165) is 5.76 Å². The monoisotopic (exact) mass is 382 g/mol. The Bertz CT molecular complexity index is 777. The fraction of sp³-hybridized carbons (Fsp3) is 0.471. The van der Waals surface area contributed by atoms with Crippen LogP contribution in [-0.2, 0) is 21.4 Å². The fourth-order valence-corrected chi connectivity index (χ4v) is 5.73. The number of nitrogens with zero attached hydrogens (tertiary/aromatic N) is 1. The summed E-state index contributed by atoms with van der Waals surface area (Å²) in [6.45, 7) is 3.20. The molecular weight excluding hydrogens is 360 g/mol. The average Bonchev–Trinajstić information content (AvgIpc) is 3.32. The predicted octanol–water partition coefficient (Wildman–Crippen LogP) is 2.69. The Hall–Kier alpha value is -1.64. The smallest absolute Gasteiger partial charge is 0.252 e. The lowest BCUT2D eigenvalue weighted by molar-refractivity contribution is -0.126. The van der Waals surface area contributed by atoms with E-state index in [9.17, 15) is 13.2 Å². The second-order valence-electron chi connectivity index (χ2n) is 6.26. The Kier molecular flexibility index (Phi) is 5.61. The maximum absolute atomic E-state index is 12.5. The lowest BCUT2D eigenvalue weighted by Gasteiger charge is -2.33. The van der Waals surface area contributed by atoms with Crippen molar-refractivity contribution in [1.82, 2.24) is 9.62 Å². The Labute approximate surface area is 151 Å². The molecule has 0 aromatic carbocycles. The first-order chi connectivity index (χ1) is 12.0. The molecule has 25 heavy (non-hydrogen) atoms. The minimum atomic E-state index is -3.39. The van der Waals surface area contributed by atoms with Gasteiger partial charge in [0.05, 0.1) is 12.8 Å². The minimum absolute atomic E-state index is 0.0176. The zero-order valence-electron chi connectivity index (χ0n) is 14.1. The van der Waals surface area contributed by atoms with E-state index in [4.69, 9.17) is 4.42 Å². The number of hydrogen-bond donors (Lipinski definition) is 1. The molecule has 136 valence electrons. The number of carbonyl (C=O) groups is 1. The molecule has 1 saturated heterocycles. The van der Waals surface area contributed by atoms with Crippen LogP contribution in [0.3, 0.4) is 0 Å². The Morgan fingerprint density at radius 1 is 1.36 bits per heavy atom. The number of furan rings is 1. The first-order valence-electron chi connectivity index (χ1n) is 8.32. The quantitative estimate of drug-likeness (QED) is 0.833. The second-order valence-corrected chi connectivity index (χ2v) is 9.37. The average molecular weight is 383 g/mol. The van der Waals surface area contributed by atoms with Crippen molar-refractivity contribution in [2.45, 2.75) is 30.5 Å². The molecule has 0 radical (unpaired) electrons. The SMILES string of the molecule is CC(C(=O)NCc1ccco1)C1CCN(S(=O)(=O)c2cccs2)CC1. The number of nitrogens with one attached hydrogen (secondary N) is 1. The molecule has 1 aliphatic heterocycles. The molecule has 3 heterocycles. The zero-order valence-corrected chi connectivity index (χ0v) is 15.7. The molecule has 0 saturated carbocycles. The lowest BCUT2D eigenvalue weighted by atomic mass is 9.85. The highest BCUT2D eigenvalue weighted by Crippen LogP contribution is 2.29. The van der Waals surface area contributed by atoms with Gasteiger partial charge in [-0.1, -0.05) is 13.0 Å². The van der Waals surface area contributed by atoms with Gasteiger partial charge in [0.1, 0.15) is 9.97 Å². The van der Waals surface area contributed by atoms with Gasteiger partial charge in [0.15, 0.2) is 0 Å². The standard InChI is InChI=1S/C17H22N2O4S2/c1-13(17(20)18-12-15-4-2-10-23-15)14-6-8-19(9-7-14)25(21,22)16-5-3-11-24-16/h2-5,10-11,13-14H,6-9,12H2,1H3,(H,18,20). The van der Waals surface area contributed by atoms with Crippen molar-refractivity contribution in [1.29, 1.82) is 0 Å². The van der Waals surface area contributed by atoms with Crippen LogP contribution in [0.15, 0.2) is 44.5 Å². The summed E-state index contributed by atoms with van der Waals surface area (Å²) in [4.78, 5) is 12.3. The van der Waals surface area contributed by atoms with Crippen LogP contribution in [-0.4, -0.2) is 31.7 Å². The van der Waals surface area contributed by atoms with E-state index in [1.165, 1.54) is 15.6 Å². The third kappa shape index (κ3) is 4.13. The lowest BCUT2D eigenvalue weighted by Crippen LogP contribution is -2.42. The van der Waals surface area contributed by atoms with Crippen LogP contribution in [0.5, 0.6) is 0 Å². The van der Waals surface area contributed by atoms with Crippen LogP contribution < -0.4 is 5.32 Å². The van der Waals surface area contributed by atoms with E-state index >= 15 is 0 Å². The molecule has 1 atom stereocenters. The van der Waals surface area contributed by atoms with Gasteiger partial charge in [0.25, 0.3) is 10.0 Å². The van der Waals surface area contributed by atoms with Crippen LogP contribution in [0.2, 0.25) is 0 Å². The van der Waals surface area contributed by atoms with Gasteiger partial charge in [0.2, 0.25) is 5.91 Å². The molecular formula is C17H22N2O4S2. The van der Waals surface area contributed by atoms with Crippen molar-refractivity contribution in [3.8, 4) is 0 Å². The zero-order chi connectivity index (χ0) is 17.9. The number of sulfonamides is 1. The highest BCUT2D eigenvalue weighted by molar-refractivity contribution is 7.91. The molecule has 2 aromatic rings. The third-order valence-corrected chi connectivity index (χ3v) is 8.00. The maximum atomic E-state index is 12.5. The largest absolute Gasteiger partial charge is 0.467 e. The number of carbonyl (C=O) groups excluding carboxylic acids is 1. The number of thiophene rings is 1. The van der Waals surface area contributed by atoms with Gasteiger partial charge in [-0.3, -0.25) is 4.79 Å². The topological polar surface area (TPSA) is 79.6 Å². The Balaban J connectivity index is 1.52. The van der Waals surface area contributed by atoms with Crippen molar-refractivity contribution < 1.29 is 17.6 Å². The molecule has 3 rings (SSSR count). The van der Waals surface area contributed by atoms with Gasteiger partial charge in [-0.25, -0.2) is 8.42 Å². The molecule has 1 amide bonds. The number of piperidine rings is 1. The molecule has 0 bridgehead atoms. The van der Waals surface area contributed by atoms with Crippen molar-refractivity contribution in [2.24, 2.45) is 11.8 Å². The van der Waals surface area contributed by atoms with Gasteiger partial charge in [0, 0.05) is 19.0 Å². The van der Waals surface area contributed by atoms with E-state index in [1.54, 1.807) is 29.8 Å². The number of rotatable bonds is 6. The van der Waals surface area contributed by atoms with Gasteiger partial charge in [-0.2, -0.15) is 4.31 Å². The Morgan fingerprint density at radius 2 is 2.12 bits per heavy atom. The van der Waals surface area contributed by atoms with Crippen molar-refractivity contribution in [3.05, 3.63) is 41.7 Å². The molecule has 1 fully saturated rings. The first kappa shape index (κ1) is 18.2. The summed E-state index contributed by atoms with van der Waals surface area (Å²) in [5, 5.41) is 4.65. The fourth-order valence-electron chi connectivity index (χ4n) is 3.12. The molecule has 0 spiro atoms. The first-order valence-corrected chi connectivity index (χ1v) is 10.6. The summed E-state index contributed by atoms with van der Waals surface area (Å²) >= 11 is 1.24. The molecule has 0 aliphatic carbocycles. The summed E-state index contributed by atoms with van der Waals surface area (Å²) in [7, 11) is -3.39. The third-order valence-electron chi connectivity index (χ3n) is 4.73. The van der Waals surface area contributed by atoms with Crippen LogP contribution in [0.25, 0.3) is 0 Å². The van der Waals surface area contributed by atoms with Gasteiger partial charge in [-0.05, 0) is 42.3 Å². The van der Waals surface area contributed by atoms with E-state index in [2.05, 4.69) is 5.32 Å². The van der Waals surface area contributed by atoms with Crippen LogP contribution in [0.4, 0.5) is 0 Å². The van der Waals surface area contributed by atoms with E-state index in [1.807, 2.05) is 13.0 Å². The molecule has 2 aromatic heterocycles. The summed E-state index contributed by atoms with van der Waals surface area (Å²) in [5.41, 5.74) is 0. The number of amides is 1. The van der Waals surface area contributed by atoms with Gasteiger partial charge >= 0.3 is 0 Å². The van der Waals surface area contributed by atoms with Crippen molar-refractivity contribution in [3.63, 3.8) is 0 Å². The molecule has 8 heteroatoms. The summed E-state index contributed by atoms with van der Waals surface area (Å²) in [6, 6.07) is 6.99. The van der Waals surface area contributed by atoms with E-state index < -0.39 is 10.0 Å². The molecule has 1 N–H and O–H groups in total. The summed E-state index contributed by atoms with van der Waals surface area (Å²) < 4.78 is 32.2. The predicted molar refractivity (Wildman–Crippen MR) is 95.5 cm³/mol. The summed E-state index contributed by atoms with van der Waals surface area (Å²) in [6.07, 6.45) is 2.97. The molecule has 6 nitrogen and oxygen atoms in total. The number of hydrogen-bond acceptors (Lipinski definition) is 5. The normalized spacial score (nSPS) is 18.1. The highest BCUT2D eigenvalue weighted by atomic mass is 32.2. The van der Waals surface area contributed by atoms with E-state index in [-0.39, 0.29) is 17.7 Å². The van der Waals surface area contributed by atoms with E-state index in [0.29, 0.717) is 36.7 Å². The van der Waals surface area contributed by atoms with Gasteiger partial charge in [-0.15, -0.1) is 11.3 Å².